The highest BCUT2D eigenvalue weighted by Crippen LogP contribution is 2.34. The largest absolute Gasteiger partial charge is 0.457 e. The summed E-state index contributed by atoms with van der Waals surface area (Å²) in [4.78, 5) is 36.9. The zero-order valence-corrected chi connectivity index (χ0v) is 18.3. The molecule has 0 unspecified atom stereocenters. The number of benzene rings is 2. The summed E-state index contributed by atoms with van der Waals surface area (Å²) in [6, 6.07) is 17.0. The number of hydrogen-bond donors (Lipinski definition) is 0. The number of nitrogens with zero attached hydrogens (tertiary/aromatic N) is 2. The van der Waals surface area contributed by atoms with E-state index >= 15 is 0 Å². The third-order valence-electron chi connectivity index (χ3n) is 4.37. The molecule has 30 heavy (non-hydrogen) atoms. The summed E-state index contributed by atoms with van der Waals surface area (Å²) in [6.07, 6.45) is 1.51. The van der Waals surface area contributed by atoms with E-state index in [9.17, 15) is 19.7 Å². The summed E-state index contributed by atoms with van der Waals surface area (Å²) < 4.78 is 6.79. The number of halogens is 1. The van der Waals surface area contributed by atoms with Gasteiger partial charge in [-0.15, -0.1) is 0 Å². The van der Waals surface area contributed by atoms with Crippen LogP contribution in [0.3, 0.4) is 0 Å². The SMILES string of the molecule is O=C1S/C(=C\c2ccc(-c3cccc([N+](=O)[O-])c3)o2)C(=O)N1Cc1ccc(I)cc1. The number of thioether (sulfide) groups is 1. The number of furan rings is 1. The number of nitro benzene ring substituents is 1. The number of carbonyl (C=O) groups excluding carboxylic acids is 2. The number of imide groups is 1. The lowest BCUT2D eigenvalue weighted by Crippen LogP contribution is -2.27. The van der Waals surface area contributed by atoms with Gasteiger partial charge < -0.3 is 4.42 Å². The van der Waals surface area contributed by atoms with E-state index in [1.165, 1.54) is 23.1 Å². The molecule has 3 aromatic rings. The molecule has 150 valence electrons. The molecule has 0 spiro atoms. The van der Waals surface area contributed by atoms with Crippen LogP contribution in [-0.4, -0.2) is 21.0 Å². The lowest BCUT2D eigenvalue weighted by molar-refractivity contribution is -0.384. The summed E-state index contributed by atoms with van der Waals surface area (Å²) in [6.45, 7) is 0.204. The highest BCUT2D eigenvalue weighted by Gasteiger charge is 2.35. The molecule has 0 saturated carbocycles. The van der Waals surface area contributed by atoms with E-state index in [1.54, 1.807) is 24.3 Å². The molecule has 9 heteroatoms. The van der Waals surface area contributed by atoms with E-state index < -0.39 is 4.92 Å². The molecule has 0 atom stereocenters. The van der Waals surface area contributed by atoms with Crippen molar-refractivity contribution in [2.75, 3.05) is 0 Å². The minimum Gasteiger partial charge on any atom is -0.457 e. The Balaban J connectivity index is 1.53. The molecule has 2 amide bonds. The number of amides is 2. The van der Waals surface area contributed by atoms with Crippen LogP contribution < -0.4 is 0 Å². The van der Waals surface area contributed by atoms with Gasteiger partial charge in [-0.05, 0) is 64.2 Å². The fourth-order valence-electron chi connectivity index (χ4n) is 2.90. The average molecular weight is 532 g/mol. The average Bonchev–Trinajstić information content (AvgIpc) is 3.30. The maximum absolute atomic E-state index is 12.7. The lowest BCUT2D eigenvalue weighted by Gasteiger charge is -2.12. The highest BCUT2D eigenvalue weighted by atomic mass is 127. The van der Waals surface area contributed by atoms with Gasteiger partial charge in [-0.1, -0.05) is 24.3 Å². The van der Waals surface area contributed by atoms with Gasteiger partial charge in [0.1, 0.15) is 11.5 Å². The first kappa shape index (κ1) is 20.4. The summed E-state index contributed by atoms with van der Waals surface area (Å²) in [5.41, 5.74) is 1.38. The molecular weight excluding hydrogens is 519 g/mol. The van der Waals surface area contributed by atoms with Gasteiger partial charge >= 0.3 is 0 Å². The van der Waals surface area contributed by atoms with Gasteiger partial charge in [-0.25, -0.2) is 0 Å². The predicted molar refractivity (Wildman–Crippen MR) is 121 cm³/mol. The van der Waals surface area contributed by atoms with Crippen LogP contribution in [0.15, 0.2) is 70.0 Å². The van der Waals surface area contributed by atoms with E-state index in [4.69, 9.17) is 4.42 Å². The zero-order valence-electron chi connectivity index (χ0n) is 15.3. The maximum atomic E-state index is 12.7. The van der Waals surface area contributed by atoms with Crippen LogP contribution in [0, 0.1) is 13.7 Å². The maximum Gasteiger partial charge on any atom is 0.293 e. The van der Waals surface area contributed by atoms with Gasteiger partial charge in [0, 0.05) is 27.3 Å². The molecule has 1 fully saturated rings. The number of carbonyl (C=O) groups is 2. The first-order chi connectivity index (χ1) is 14.4. The van der Waals surface area contributed by atoms with E-state index in [-0.39, 0.29) is 28.3 Å². The normalized spacial score (nSPS) is 15.2. The summed E-state index contributed by atoms with van der Waals surface area (Å²) in [7, 11) is 0. The van der Waals surface area contributed by atoms with Crippen molar-refractivity contribution in [2.24, 2.45) is 0 Å². The van der Waals surface area contributed by atoms with E-state index in [0.717, 1.165) is 20.9 Å². The Morgan fingerprint density at radius 2 is 1.87 bits per heavy atom. The van der Waals surface area contributed by atoms with Gasteiger partial charge in [0.2, 0.25) is 0 Å². The molecule has 7 nitrogen and oxygen atoms in total. The van der Waals surface area contributed by atoms with Crippen LogP contribution in [-0.2, 0) is 11.3 Å². The van der Waals surface area contributed by atoms with Crippen LogP contribution in [0.4, 0.5) is 10.5 Å². The first-order valence-electron chi connectivity index (χ1n) is 8.75. The Kier molecular flexibility index (Phi) is 5.73. The second kappa shape index (κ2) is 8.44. The smallest absolute Gasteiger partial charge is 0.293 e. The molecule has 1 aromatic heterocycles. The highest BCUT2D eigenvalue weighted by molar-refractivity contribution is 14.1. The molecule has 1 aliphatic heterocycles. The zero-order chi connectivity index (χ0) is 21.3. The Hall–Kier alpha value is -2.92. The molecule has 1 aliphatic rings. The first-order valence-corrected chi connectivity index (χ1v) is 10.6. The third kappa shape index (κ3) is 4.31. The molecule has 0 radical (unpaired) electrons. The second-order valence-electron chi connectivity index (χ2n) is 6.40. The van der Waals surface area contributed by atoms with Gasteiger partial charge in [0.05, 0.1) is 16.4 Å². The Labute approximate surface area is 189 Å². The van der Waals surface area contributed by atoms with Gasteiger partial charge in [0.25, 0.3) is 16.8 Å². The van der Waals surface area contributed by atoms with Crippen molar-refractivity contribution in [2.45, 2.75) is 6.54 Å². The summed E-state index contributed by atoms with van der Waals surface area (Å²) >= 11 is 3.05. The minimum absolute atomic E-state index is 0.0397. The monoisotopic (exact) mass is 532 g/mol. The van der Waals surface area contributed by atoms with Crippen LogP contribution >= 0.6 is 34.4 Å². The van der Waals surface area contributed by atoms with Crippen molar-refractivity contribution in [1.82, 2.24) is 4.90 Å². The number of rotatable bonds is 5. The lowest BCUT2D eigenvalue weighted by atomic mass is 10.1. The second-order valence-corrected chi connectivity index (χ2v) is 8.64. The van der Waals surface area contributed by atoms with Gasteiger partial charge in [-0.2, -0.15) is 0 Å². The summed E-state index contributed by atoms with van der Waals surface area (Å²) in [5, 5.41) is 10.6. The van der Waals surface area contributed by atoms with Gasteiger partial charge in [-0.3, -0.25) is 24.6 Å². The predicted octanol–water partition coefficient (Wildman–Crippen LogP) is 5.70. The van der Waals surface area contributed by atoms with Crippen LogP contribution in [0.25, 0.3) is 17.4 Å². The minimum atomic E-state index is -0.475. The van der Waals surface area contributed by atoms with Crippen LogP contribution in [0.5, 0.6) is 0 Å². The Bertz CT molecular complexity index is 1190. The van der Waals surface area contributed by atoms with Crippen molar-refractivity contribution in [3.05, 3.63) is 90.6 Å². The number of nitro groups is 1. The molecule has 2 heterocycles. The van der Waals surface area contributed by atoms with Crippen molar-refractivity contribution in [1.29, 1.82) is 0 Å². The van der Waals surface area contributed by atoms with Crippen LogP contribution in [0.2, 0.25) is 0 Å². The molecule has 0 bridgehead atoms. The molecule has 0 aliphatic carbocycles. The number of hydrogen-bond acceptors (Lipinski definition) is 6. The summed E-state index contributed by atoms with van der Waals surface area (Å²) in [5.74, 6) is 0.441. The van der Waals surface area contributed by atoms with E-state index in [1.807, 2.05) is 24.3 Å². The molecular formula is C21H13IN2O5S. The van der Waals surface area contributed by atoms with Crippen LogP contribution in [0.1, 0.15) is 11.3 Å². The third-order valence-corrected chi connectivity index (χ3v) is 6.00. The van der Waals surface area contributed by atoms with Crippen molar-refractivity contribution in [3.8, 4) is 11.3 Å². The number of non-ortho nitro benzene ring substituents is 1. The molecule has 1 saturated heterocycles. The van der Waals surface area contributed by atoms with E-state index in [0.29, 0.717) is 17.1 Å². The Morgan fingerprint density at radius 1 is 1.10 bits per heavy atom. The van der Waals surface area contributed by atoms with Crippen molar-refractivity contribution in [3.63, 3.8) is 0 Å². The standard InChI is InChI=1S/C21H13IN2O5S/c22-15-6-4-13(5-7-15)12-23-20(25)19(30-21(23)26)11-17-8-9-18(29-17)14-2-1-3-16(10-14)24(27)28/h1-11H,12H2/b19-11-. The quantitative estimate of drug-likeness (QED) is 0.181. The topological polar surface area (TPSA) is 93.7 Å². The Morgan fingerprint density at radius 3 is 2.60 bits per heavy atom. The molecule has 0 N–H and O–H groups in total. The van der Waals surface area contributed by atoms with Crippen molar-refractivity contribution < 1.29 is 18.9 Å². The fraction of sp³-hybridized carbons (Fsp3) is 0.0476. The molecule has 2 aromatic carbocycles. The molecule has 4 rings (SSSR count). The van der Waals surface area contributed by atoms with Gasteiger partial charge in [0.15, 0.2) is 0 Å². The van der Waals surface area contributed by atoms with Crippen molar-refractivity contribution >= 4 is 57.3 Å². The fourth-order valence-corrected chi connectivity index (χ4v) is 4.07. The van der Waals surface area contributed by atoms with E-state index in [2.05, 4.69) is 22.6 Å².